The van der Waals surface area contributed by atoms with Crippen molar-refractivity contribution in [2.75, 3.05) is 6.54 Å². The fourth-order valence-electron chi connectivity index (χ4n) is 2.35. The highest BCUT2D eigenvalue weighted by molar-refractivity contribution is 5.84. The van der Waals surface area contributed by atoms with E-state index in [2.05, 4.69) is 5.32 Å². The van der Waals surface area contributed by atoms with Crippen molar-refractivity contribution in [3.8, 4) is 0 Å². The summed E-state index contributed by atoms with van der Waals surface area (Å²) in [5.74, 6) is 0.372. The molecule has 0 spiro atoms. The summed E-state index contributed by atoms with van der Waals surface area (Å²) in [5, 5.41) is 3.22. The number of nitrogens with zero attached hydrogens (tertiary/aromatic N) is 1. The van der Waals surface area contributed by atoms with Gasteiger partial charge in [0.1, 0.15) is 0 Å². The first-order valence-electron chi connectivity index (χ1n) is 6.71. The zero-order valence-corrected chi connectivity index (χ0v) is 11.6. The first-order chi connectivity index (χ1) is 8.36. The minimum absolute atomic E-state index is 0.171. The Labute approximate surface area is 108 Å². The SMILES string of the molecule is CCC(C)C1NC(CC(C)C)N(CC(F)F)C1=O. The highest BCUT2D eigenvalue weighted by Gasteiger charge is 2.41. The van der Waals surface area contributed by atoms with E-state index < -0.39 is 13.0 Å². The highest BCUT2D eigenvalue weighted by atomic mass is 19.3. The number of halogens is 2. The quantitative estimate of drug-likeness (QED) is 0.797. The van der Waals surface area contributed by atoms with E-state index in [1.165, 1.54) is 4.90 Å². The average molecular weight is 262 g/mol. The zero-order chi connectivity index (χ0) is 13.9. The average Bonchev–Trinajstić information content (AvgIpc) is 2.55. The Hall–Kier alpha value is -0.710. The lowest BCUT2D eigenvalue weighted by Gasteiger charge is -2.25. The molecular weight excluding hydrogens is 238 g/mol. The Balaban J connectivity index is 2.78. The molecule has 1 saturated heterocycles. The normalized spacial score (nSPS) is 26.4. The molecule has 1 heterocycles. The number of alkyl halides is 2. The molecule has 5 heteroatoms. The molecule has 18 heavy (non-hydrogen) atoms. The second-order valence-corrected chi connectivity index (χ2v) is 5.56. The van der Waals surface area contributed by atoms with Crippen LogP contribution in [0.3, 0.4) is 0 Å². The molecular formula is C13H24F2N2O. The molecule has 1 aliphatic heterocycles. The molecule has 1 N–H and O–H groups in total. The van der Waals surface area contributed by atoms with Crippen molar-refractivity contribution in [2.45, 2.75) is 59.2 Å². The summed E-state index contributed by atoms with van der Waals surface area (Å²) in [5.41, 5.74) is 0. The van der Waals surface area contributed by atoms with Crippen LogP contribution in [0.15, 0.2) is 0 Å². The van der Waals surface area contributed by atoms with Gasteiger partial charge in [0.05, 0.1) is 18.8 Å². The maximum atomic E-state index is 12.6. The summed E-state index contributed by atoms with van der Waals surface area (Å²) in [7, 11) is 0. The number of carbonyl (C=O) groups is 1. The summed E-state index contributed by atoms with van der Waals surface area (Å²) in [6, 6.07) is -0.308. The van der Waals surface area contributed by atoms with Gasteiger partial charge in [-0.3, -0.25) is 10.1 Å². The van der Waals surface area contributed by atoms with E-state index >= 15 is 0 Å². The second-order valence-electron chi connectivity index (χ2n) is 5.56. The summed E-state index contributed by atoms with van der Waals surface area (Å²) in [4.78, 5) is 13.5. The molecule has 1 rings (SSSR count). The largest absolute Gasteiger partial charge is 0.320 e. The molecule has 1 aliphatic rings. The van der Waals surface area contributed by atoms with Crippen molar-refractivity contribution in [2.24, 2.45) is 11.8 Å². The van der Waals surface area contributed by atoms with Gasteiger partial charge in [-0.25, -0.2) is 8.78 Å². The smallest absolute Gasteiger partial charge is 0.255 e. The van der Waals surface area contributed by atoms with Gasteiger partial charge in [0.2, 0.25) is 5.91 Å². The second kappa shape index (κ2) is 6.45. The van der Waals surface area contributed by atoms with Crippen LogP contribution in [0.4, 0.5) is 8.78 Å². The summed E-state index contributed by atoms with van der Waals surface area (Å²) in [6.45, 7) is 7.59. The Bertz CT molecular complexity index is 284. The molecule has 3 unspecified atom stereocenters. The number of nitrogens with one attached hydrogen (secondary N) is 1. The fourth-order valence-corrected chi connectivity index (χ4v) is 2.35. The third kappa shape index (κ3) is 3.64. The van der Waals surface area contributed by atoms with E-state index in [-0.39, 0.29) is 24.0 Å². The van der Waals surface area contributed by atoms with Gasteiger partial charge >= 0.3 is 0 Å². The van der Waals surface area contributed by atoms with E-state index in [0.29, 0.717) is 12.3 Å². The van der Waals surface area contributed by atoms with Crippen LogP contribution >= 0.6 is 0 Å². The van der Waals surface area contributed by atoms with E-state index in [1.54, 1.807) is 0 Å². The molecule has 0 aliphatic carbocycles. The molecule has 1 amide bonds. The maximum Gasteiger partial charge on any atom is 0.255 e. The minimum Gasteiger partial charge on any atom is -0.320 e. The van der Waals surface area contributed by atoms with Gasteiger partial charge in [0.25, 0.3) is 6.43 Å². The standard InChI is InChI=1S/C13H24F2N2O/c1-5-9(4)12-13(18)17(7-10(14)15)11(16-12)6-8(2)3/h8-12,16H,5-7H2,1-4H3. The molecule has 1 fully saturated rings. The minimum atomic E-state index is -2.47. The number of rotatable bonds is 6. The van der Waals surface area contributed by atoms with Gasteiger partial charge < -0.3 is 4.90 Å². The van der Waals surface area contributed by atoms with Crippen LogP contribution < -0.4 is 5.32 Å². The Morgan fingerprint density at radius 2 is 1.94 bits per heavy atom. The summed E-state index contributed by atoms with van der Waals surface area (Å²) in [6.07, 6.45) is -1.14. The zero-order valence-electron chi connectivity index (χ0n) is 11.6. The molecule has 106 valence electrons. The van der Waals surface area contributed by atoms with Crippen LogP contribution in [-0.2, 0) is 4.79 Å². The van der Waals surface area contributed by atoms with Gasteiger partial charge in [0.15, 0.2) is 0 Å². The number of amides is 1. The first-order valence-corrected chi connectivity index (χ1v) is 6.71. The van der Waals surface area contributed by atoms with Crippen LogP contribution in [0, 0.1) is 11.8 Å². The Morgan fingerprint density at radius 1 is 1.33 bits per heavy atom. The molecule has 0 aromatic carbocycles. The number of hydrogen-bond acceptors (Lipinski definition) is 2. The van der Waals surface area contributed by atoms with Crippen molar-refractivity contribution in [1.29, 1.82) is 0 Å². The first kappa shape index (κ1) is 15.3. The maximum absolute atomic E-state index is 12.6. The van der Waals surface area contributed by atoms with Gasteiger partial charge in [-0.1, -0.05) is 34.1 Å². The van der Waals surface area contributed by atoms with Gasteiger partial charge in [-0.05, 0) is 18.3 Å². The number of hydrogen-bond donors (Lipinski definition) is 1. The highest BCUT2D eigenvalue weighted by Crippen LogP contribution is 2.23. The van der Waals surface area contributed by atoms with Crippen molar-refractivity contribution >= 4 is 5.91 Å². The topological polar surface area (TPSA) is 32.3 Å². The van der Waals surface area contributed by atoms with E-state index in [4.69, 9.17) is 0 Å². The van der Waals surface area contributed by atoms with Crippen molar-refractivity contribution in [3.05, 3.63) is 0 Å². The fraction of sp³-hybridized carbons (Fsp3) is 0.923. The van der Waals surface area contributed by atoms with Crippen LogP contribution in [0.1, 0.15) is 40.5 Å². The van der Waals surface area contributed by atoms with Gasteiger partial charge in [-0.15, -0.1) is 0 Å². The Morgan fingerprint density at radius 3 is 2.39 bits per heavy atom. The van der Waals surface area contributed by atoms with Gasteiger partial charge in [-0.2, -0.15) is 0 Å². The third-order valence-corrected chi connectivity index (χ3v) is 3.54. The lowest BCUT2D eigenvalue weighted by atomic mass is 9.99. The number of carbonyl (C=O) groups excluding carboxylic acids is 1. The van der Waals surface area contributed by atoms with Crippen LogP contribution in [0.2, 0.25) is 0 Å². The molecule has 0 aromatic rings. The van der Waals surface area contributed by atoms with Crippen molar-refractivity contribution in [1.82, 2.24) is 10.2 Å². The molecule has 3 atom stereocenters. The van der Waals surface area contributed by atoms with E-state index in [9.17, 15) is 13.6 Å². The van der Waals surface area contributed by atoms with Crippen LogP contribution in [-0.4, -0.2) is 36.0 Å². The summed E-state index contributed by atoms with van der Waals surface area (Å²) >= 11 is 0. The predicted molar refractivity (Wildman–Crippen MR) is 67.3 cm³/mol. The summed E-state index contributed by atoms with van der Waals surface area (Å²) < 4.78 is 25.1. The van der Waals surface area contributed by atoms with Crippen LogP contribution in [0.25, 0.3) is 0 Å². The van der Waals surface area contributed by atoms with E-state index in [1.807, 2.05) is 27.7 Å². The van der Waals surface area contributed by atoms with Crippen LogP contribution in [0.5, 0.6) is 0 Å². The monoisotopic (exact) mass is 262 g/mol. The van der Waals surface area contributed by atoms with Crippen molar-refractivity contribution < 1.29 is 13.6 Å². The third-order valence-electron chi connectivity index (χ3n) is 3.54. The molecule has 0 saturated carbocycles. The lowest BCUT2D eigenvalue weighted by molar-refractivity contribution is -0.132. The molecule has 0 bridgehead atoms. The van der Waals surface area contributed by atoms with Gasteiger partial charge in [0, 0.05) is 0 Å². The predicted octanol–water partition coefficient (Wildman–Crippen LogP) is 2.47. The molecule has 0 aromatic heterocycles. The molecule has 3 nitrogen and oxygen atoms in total. The lowest BCUT2D eigenvalue weighted by Crippen LogP contribution is -2.41. The Kier molecular flexibility index (Phi) is 5.50. The van der Waals surface area contributed by atoms with E-state index in [0.717, 1.165) is 6.42 Å². The van der Waals surface area contributed by atoms with Crippen molar-refractivity contribution in [3.63, 3.8) is 0 Å². The molecule has 0 radical (unpaired) electrons.